The Morgan fingerprint density at radius 3 is 2.23 bits per heavy atom. The van der Waals surface area contributed by atoms with Gasteiger partial charge in [0.1, 0.15) is 11.4 Å². The summed E-state index contributed by atoms with van der Waals surface area (Å²) in [7, 11) is 1.48. The summed E-state index contributed by atoms with van der Waals surface area (Å²) in [6, 6.07) is 12.1. The van der Waals surface area contributed by atoms with E-state index in [-0.39, 0.29) is 33.1 Å². The number of ether oxygens (including phenoxy) is 1. The van der Waals surface area contributed by atoms with Crippen LogP contribution in [0.5, 0.6) is 5.75 Å². The van der Waals surface area contributed by atoms with Crippen molar-refractivity contribution in [2.75, 3.05) is 7.11 Å². The van der Waals surface area contributed by atoms with Gasteiger partial charge in [-0.05, 0) is 29.2 Å². The van der Waals surface area contributed by atoms with Crippen molar-refractivity contribution < 1.29 is 9.66 Å². The Hall–Kier alpha value is -3.15. The number of methoxy groups -OCH3 is 1. The number of H-pyrrole nitrogens is 1. The summed E-state index contributed by atoms with van der Waals surface area (Å²) in [6.07, 6.45) is 0. The lowest BCUT2D eigenvalue weighted by Crippen LogP contribution is -2.12. The maximum atomic E-state index is 12.5. The molecule has 0 radical (unpaired) electrons. The highest BCUT2D eigenvalue weighted by Crippen LogP contribution is 2.35. The van der Waals surface area contributed by atoms with E-state index in [1.54, 1.807) is 24.3 Å². The monoisotopic (exact) mass is 352 g/mol. The van der Waals surface area contributed by atoms with Crippen LogP contribution >= 0.6 is 0 Å². The minimum atomic E-state index is -0.461. The van der Waals surface area contributed by atoms with Gasteiger partial charge in [-0.15, -0.1) is 0 Å². The number of nitrogens with one attached hydrogen (secondary N) is 1. The maximum Gasteiger partial charge on any atom is 0.301 e. The van der Waals surface area contributed by atoms with Gasteiger partial charge in [0, 0.05) is 5.56 Å². The minimum Gasteiger partial charge on any atom is -0.497 e. The molecule has 0 spiro atoms. The molecule has 0 saturated heterocycles. The molecule has 2 aromatic carbocycles. The van der Waals surface area contributed by atoms with Crippen LogP contribution in [0.1, 0.15) is 26.3 Å². The highest BCUT2D eigenvalue weighted by Gasteiger charge is 2.23. The number of pyridine rings is 1. The molecule has 0 bridgehead atoms. The highest BCUT2D eigenvalue weighted by molar-refractivity contribution is 5.96. The summed E-state index contributed by atoms with van der Waals surface area (Å²) in [5.74, 6) is 0.472. The molecule has 0 atom stereocenters. The van der Waals surface area contributed by atoms with E-state index in [0.717, 1.165) is 5.56 Å². The van der Waals surface area contributed by atoms with Gasteiger partial charge in [0.15, 0.2) is 0 Å². The predicted molar refractivity (Wildman–Crippen MR) is 102 cm³/mol. The first-order valence-corrected chi connectivity index (χ1v) is 8.21. The number of fused-ring (bicyclic) bond motifs is 1. The molecule has 0 amide bonds. The zero-order valence-corrected chi connectivity index (χ0v) is 15.1. The summed E-state index contributed by atoms with van der Waals surface area (Å²) >= 11 is 0. The summed E-state index contributed by atoms with van der Waals surface area (Å²) in [5, 5.41) is 12.3. The maximum absolute atomic E-state index is 12.5. The Morgan fingerprint density at radius 2 is 1.69 bits per heavy atom. The predicted octanol–water partition coefficient (Wildman–Crippen LogP) is 4.41. The zero-order chi connectivity index (χ0) is 19.1. The first-order valence-electron chi connectivity index (χ1n) is 8.21. The van der Waals surface area contributed by atoms with Crippen molar-refractivity contribution in [2.24, 2.45) is 0 Å². The van der Waals surface area contributed by atoms with Crippen LogP contribution in [0.25, 0.3) is 22.0 Å². The van der Waals surface area contributed by atoms with Crippen LogP contribution < -0.4 is 10.3 Å². The number of aromatic nitrogens is 1. The zero-order valence-electron chi connectivity index (χ0n) is 15.1. The SMILES string of the molecule is COc1ccc2c([N+](=O)[O-])c(-c3ccc(C(C)(C)C)cc3)[nH]c(=O)c2c1. The van der Waals surface area contributed by atoms with Crippen molar-refractivity contribution in [1.82, 2.24) is 4.98 Å². The van der Waals surface area contributed by atoms with E-state index in [0.29, 0.717) is 11.3 Å². The van der Waals surface area contributed by atoms with Crippen molar-refractivity contribution in [2.45, 2.75) is 26.2 Å². The van der Waals surface area contributed by atoms with Crippen molar-refractivity contribution in [1.29, 1.82) is 0 Å². The number of nitrogens with zero attached hydrogens (tertiary/aromatic N) is 1. The molecule has 6 heteroatoms. The fraction of sp³-hybridized carbons (Fsp3) is 0.250. The second-order valence-corrected chi connectivity index (χ2v) is 7.17. The fourth-order valence-electron chi connectivity index (χ4n) is 2.95. The van der Waals surface area contributed by atoms with Crippen LogP contribution in [0.15, 0.2) is 47.3 Å². The van der Waals surface area contributed by atoms with Gasteiger partial charge in [-0.2, -0.15) is 0 Å². The van der Waals surface area contributed by atoms with E-state index in [9.17, 15) is 14.9 Å². The van der Waals surface area contributed by atoms with Crippen LogP contribution in [0.2, 0.25) is 0 Å². The van der Waals surface area contributed by atoms with Crippen LogP contribution in [0.3, 0.4) is 0 Å². The Morgan fingerprint density at radius 1 is 1.04 bits per heavy atom. The number of benzene rings is 2. The van der Waals surface area contributed by atoms with Crippen molar-refractivity contribution in [3.8, 4) is 17.0 Å². The lowest BCUT2D eigenvalue weighted by atomic mass is 9.86. The molecular weight excluding hydrogens is 332 g/mol. The van der Waals surface area contributed by atoms with Crippen molar-refractivity contribution in [3.05, 3.63) is 68.5 Å². The molecule has 1 N–H and O–H groups in total. The van der Waals surface area contributed by atoms with Gasteiger partial charge in [0.2, 0.25) is 0 Å². The summed E-state index contributed by atoms with van der Waals surface area (Å²) in [6.45, 7) is 6.28. The van der Waals surface area contributed by atoms with Gasteiger partial charge in [-0.25, -0.2) is 0 Å². The largest absolute Gasteiger partial charge is 0.497 e. The quantitative estimate of drug-likeness (QED) is 0.559. The molecule has 1 aromatic heterocycles. The van der Waals surface area contributed by atoms with E-state index in [1.807, 2.05) is 12.1 Å². The fourth-order valence-corrected chi connectivity index (χ4v) is 2.95. The molecule has 0 saturated carbocycles. The number of hydrogen-bond donors (Lipinski definition) is 1. The van der Waals surface area contributed by atoms with Crippen LogP contribution in [0.4, 0.5) is 5.69 Å². The second kappa shape index (κ2) is 6.29. The molecule has 3 rings (SSSR count). The third-order valence-electron chi connectivity index (χ3n) is 4.42. The normalized spacial score (nSPS) is 11.5. The molecule has 0 aliphatic carbocycles. The Labute approximate surface area is 150 Å². The number of nitro groups is 1. The molecule has 0 fully saturated rings. The van der Waals surface area contributed by atoms with Gasteiger partial charge in [-0.3, -0.25) is 14.9 Å². The Balaban J connectivity index is 2.28. The van der Waals surface area contributed by atoms with Crippen molar-refractivity contribution >= 4 is 16.5 Å². The summed E-state index contributed by atoms with van der Waals surface area (Å²) < 4.78 is 5.11. The van der Waals surface area contributed by atoms with E-state index < -0.39 is 4.92 Å². The van der Waals surface area contributed by atoms with Gasteiger partial charge in [-0.1, -0.05) is 45.0 Å². The Kier molecular flexibility index (Phi) is 4.28. The molecule has 3 aromatic rings. The lowest BCUT2D eigenvalue weighted by molar-refractivity contribution is -0.382. The first kappa shape index (κ1) is 17.7. The van der Waals surface area contributed by atoms with Crippen LogP contribution in [-0.4, -0.2) is 17.0 Å². The number of rotatable bonds is 3. The molecule has 0 aliphatic rings. The molecule has 134 valence electrons. The van der Waals surface area contributed by atoms with Crippen LogP contribution in [-0.2, 0) is 5.41 Å². The topological polar surface area (TPSA) is 85.2 Å². The average molecular weight is 352 g/mol. The number of hydrogen-bond acceptors (Lipinski definition) is 4. The molecule has 26 heavy (non-hydrogen) atoms. The third-order valence-corrected chi connectivity index (χ3v) is 4.42. The van der Waals surface area contributed by atoms with E-state index in [1.165, 1.54) is 13.2 Å². The summed E-state index contributed by atoms with van der Waals surface area (Å²) in [4.78, 5) is 26.5. The molecule has 0 unspecified atom stereocenters. The molecule has 6 nitrogen and oxygen atoms in total. The second-order valence-electron chi connectivity index (χ2n) is 7.17. The molecule has 1 heterocycles. The molecular formula is C20H20N2O4. The van der Waals surface area contributed by atoms with E-state index in [4.69, 9.17) is 4.74 Å². The van der Waals surface area contributed by atoms with E-state index in [2.05, 4.69) is 25.8 Å². The highest BCUT2D eigenvalue weighted by atomic mass is 16.6. The van der Waals surface area contributed by atoms with Gasteiger partial charge in [0.25, 0.3) is 5.56 Å². The first-order chi connectivity index (χ1) is 12.2. The van der Waals surface area contributed by atoms with Gasteiger partial charge in [0.05, 0.1) is 22.8 Å². The van der Waals surface area contributed by atoms with E-state index >= 15 is 0 Å². The van der Waals surface area contributed by atoms with Crippen LogP contribution in [0, 0.1) is 10.1 Å². The standard InChI is InChI=1S/C20H20N2O4/c1-20(2,3)13-7-5-12(6-8-13)17-18(22(24)25)15-10-9-14(26-4)11-16(15)19(23)21-17/h5-11H,1-4H3,(H,21,23). The average Bonchev–Trinajstić information content (AvgIpc) is 2.60. The minimum absolute atomic E-state index is 0.0299. The Bertz CT molecular complexity index is 1040. The van der Waals surface area contributed by atoms with Crippen molar-refractivity contribution in [3.63, 3.8) is 0 Å². The van der Waals surface area contributed by atoms with Gasteiger partial charge < -0.3 is 9.72 Å². The van der Waals surface area contributed by atoms with Gasteiger partial charge >= 0.3 is 5.69 Å². The third kappa shape index (κ3) is 3.06. The molecule has 0 aliphatic heterocycles. The lowest BCUT2D eigenvalue weighted by Gasteiger charge is -2.19. The number of aromatic amines is 1. The smallest absolute Gasteiger partial charge is 0.301 e. The summed E-state index contributed by atoms with van der Waals surface area (Å²) in [5.41, 5.74) is 1.37.